The minimum absolute atomic E-state index is 0.0150. The van der Waals surface area contributed by atoms with Gasteiger partial charge in [-0.1, -0.05) is 6.08 Å². The number of rotatable bonds is 50. The number of amides is 14. The molecule has 4 fully saturated rings. The molecule has 14 amide bonds. The topological polar surface area (TPSA) is 744 Å². The van der Waals surface area contributed by atoms with Gasteiger partial charge in [0.25, 0.3) is 0 Å². The lowest BCUT2D eigenvalue weighted by molar-refractivity contribution is -0.366. The number of aliphatic hydroxyl groups is 7. The van der Waals surface area contributed by atoms with E-state index < -0.39 is 306 Å². The highest BCUT2D eigenvalue weighted by molar-refractivity contribution is 5.94. The molecule has 0 spiro atoms. The molecule has 0 aromatic carbocycles. The van der Waals surface area contributed by atoms with Crippen molar-refractivity contribution in [2.45, 2.75) is 311 Å². The summed E-state index contributed by atoms with van der Waals surface area (Å²) in [5.74, 6) is -15.1. The number of hydrogen-bond donors (Lipinski definition) is 23. The minimum Gasteiger partial charge on any atom is -0.480 e. The molecule has 0 saturated carbocycles. The summed E-state index contributed by atoms with van der Waals surface area (Å²) in [6, 6.07) is -16.2. The highest BCUT2D eigenvalue weighted by Crippen LogP contribution is 2.37. The Morgan fingerprint density at radius 2 is 0.721 bits per heavy atom. The van der Waals surface area contributed by atoms with Gasteiger partial charge in [-0.15, -0.1) is 0 Å². The smallest absolute Gasteiger partial charge is 0.326 e. The second-order valence-corrected chi connectivity index (χ2v) is 29.5. The molecule has 0 aromatic rings. The summed E-state index contributed by atoms with van der Waals surface area (Å²) in [5.41, 5.74) is 11.2. The largest absolute Gasteiger partial charge is 0.480 e. The maximum absolute atomic E-state index is 14.4. The number of nitrogens with two attached hydrogens (primary N) is 2. The zero-order chi connectivity index (χ0) is 91.7. The maximum Gasteiger partial charge on any atom is 0.326 e. The maximum atomic E-state index is 14.4. The lowest BCUT2D eigenvalue weighted by atomic mass is 9.92. The van der Waals surface area contributed by atoms with Crippen molar-refractivity contribution < 1.29 is 170 Å². The first-order chi connectivity index (χ1) is 57.4. The summed E-state index contributed by atoms with van der Waals surface area (Å²) >= 11 is 0. The lowest BCUT2D eigenvalue weighted by Crippen LogP contribution is -2.72. The number of carboxylic acids is 2. The highest BCUT2D eigenvalue weighted by Gasteiger charge is 2.58. The quantitative estimate of drug-likeness (QED) is 0.0199. The van der Waals surface area contributed by atoms with Crippen molar-refractivity contribution in [3.8, 4) is 0 Å². The van der Waals surface area contributed by atoms with Crippen molar-refractivity contribution in [1.29, 1.82) is 0 Å². The highest BCUT2D eigenvalue weighted by atomic mass is 16.8. The van der Waals surface area contributed by atoms with Crippen molar-refractivity contribution in [1.82, 2.24) is 63.8 Å². The van der Waals surface area contributed by atoms with Crippen LogP contribution in [0, 0.1) is 0 Å². The number of ether oxygens (including phenoxy) is 10. The molecule has 4 heterocycles. The number of primary amides is 2. The van der Waals surface area contributed by atoms with Crippen molar-refractivity contribution in [3.05, 3.63) is 12.3 Å². The molecule has 4 aliphatic heterocycles. The van der Waals surface area contributed by atoms with Crippen LogP contribution in [0.4, 0.5) is 0 Å². The number of carbonyl (C=O) groups excluding carboxylic acids is 14. The van der Waals surface area contributed by atoms with Crippen LogP contribution in [0.3, 0.4) is 0 Å². The normalized spacial score (nSPS) is 28.3. The molecule has 1 unspecified atom stereocenters. The number of aliphatic hydroxyl groups excluding tert-OH is 7. The lowest BCUT2D eigenvalue weighted by Gasteiger charge is -2.52. The molecule has 122 heavy (non-hydrogen) atoms. The summed E-state index contributed by atoms with van der Waals surface area (Å²) < 4.78 is 62.6. The van der Waals surface area contributed by atoms with Gasteiger partial charge in [0.05, 0.1) is 32.7 Å². The van der Waals surface area contributed by atoms with Gasteiger partial charge in [-0.25, -0.2) is 9.59 Å². The van der Waals surface area contributed by atoms with Gasteiger partial charge in [-0.05, 0) is 86.0 Å². The van der Waals surface area contributed by atoms with E-state index in [1.54, 1.807) is 0 Å². The van der Waals surface area contributed by atoms with E-state index in [9.17, 15) is 123 Å². The summed E-state index contributed by atoms with van der Waals surface area (Å²) in [6.45, 7) is 8.94. The Bertz CT molecular complexity index is 3570. The fourth-order valence-electron chi connectivity index (χ4n) is 13.3. The molecular formula is C73H120N14O35. The van der Waals surface area contributed by atoms with Crippen LogP contribution in [-0.2, 0) is 124 Å². The molecule has 0 aromatic heterocycles. The first-order valence-corrected chi connectivity index (χ1v) is 39.5. The molecule has 28 atom stereocenters. The molecular weight excluding hydrogens is 1630 g/mol. The Balaban J connectivity index is 1.72. The van der Waals surface area contributed by atoms with Crippen LogP contribution in [-0.4, -0.2) is 351 Å². The second-order valence-electron chi connectivity index (χ2n) is 29.5. The number of nitrogens with one attached hydrogen (secondary N) is 12. The van der Waals surface area contributed by atoms with Crippen LogP contribution < -0.4 is 75.3 Å². The minimum atomic E-state index is -2.23. The van der Waals surface area contributed by atoms with E-state index in [4.69, 9.17) is 58.8 Å². The van der Waals surface area contributed by atoms with E-state index in [-0.39, 0.29) is 44.2 Å². The molecule has 49 heteroatoms. The Hall–Kier alpha value is -9.58. The van der Waals surface area contributed by atoms with Gasteiger partial charge in [0.1, 0.15) is 146 Å². The van der Waals surface area contributed by atoms with Gasteiger partial charge in [0, 0.05) is 67.5 Å². The second kappa shape index (κ2) is 51.5. The van der Waals surface area contributed by atoms with E-state index in [0.717, 1.165) is 47.8 Å². The number of unbranched alkanes of at least 4 members (excludes halogenated alkanes) is 2. The summed E-state index contributed by atoms with van der Waals surface area (Å²) in [4.78, 5) is 206. The van der Waals surface area contributed by atoms with E-state index in [1.165, 1.54) is 40.7 Å². The van der Waals surface area contributed by atoms with E-state index >= 15 is 0 Å². The Morgan fingerprint density at radius 1 is 0.385 bits per heavy atom. The average molecular weight is 1750 g/mol. The molecule has 4 saturated heterocycles. The van der Waals surface area contributed by atoms with Crippen molar-refractivity contribution in [2.24, 2.45) is 11.5 Å². The third-order valence-electron chi connectivity index (χ3n) is 19.5. The monoisotopic (exact) mass is 1750 g/mol. The van der Waals surface area contributed by atoms with Gasteiger partial charge in [0.15, 0.2) is 18.9 Å². The van der Waals surface area contributed by atoms with Crippen LogP contribution in [0.2, 0.25) is 0 Å². The zero-order valence-corrected chi connectivity index (χ0v) is 69.4. The SMILES string of the molecule is C/C=C/OC1O[C@H](CO)[C@@H](O[C@@H]2O[C@H](CO)[C@@H](O[C@@H]3O[C@H](CO)[C@@H](O[C@@H]4O[C@H](CO)[C@@H](O)[C@H](O)[C@H]4NC(C)=O)[C@H](O[C@H](C)C(=O)N[C@@H](C)C(=O)N[C@H](CCC(=O)N[C@@H](CCCCNC(C)=O)C(=O)O)C(N)=O)[C@H]3NC(C)=O)[C@H](O)[C@H]2NC(C)=O)[C@H](O[C@H](C)C(=O)N[C@@H](C)C(=O)N[C@H](CCC(=O)N[C@@H](CCCCNC(C)=O)C(=O)O)C(N)=O)[C@H]1NC(C)=O. The van der Waals surface area contributed by atoms with Crippen LogP contribution in [0.25, 0.3) is 0 Å². The first-order valence-electron chi connectivity index (χ1n) is 39.5. The Kier molecular flexibility index (Phi) is 44.2. The Labute approximate surface area is 700 Å². The summed E-state index contributed by atoms with van der Waals surface area (Å²) in [5, 5.41) is 128. The molecule has 0 radical (unpaired) electrons. The summed E-state index contributed by atoms with van der Waals surface area (Å²) in [7, 11) is 0. The van der Waals surface area contributed by atoms with E-state index in [1.807, 2.05) is 0 Å². The third kappa shape index (κ3) is 32.9. The predicted molar refractivity (Wildman–Crippen MR) is 411 cm³/mol. The molecule has 4 rings (SSSR count). The number of aliphatic carboxylic acids is 2. The van der Waals surface area contributed by atoms with Gasteiger partial charge in [0.2, 0.25) is 89.0 Å². The van der Waals surface area contributed by atoms with Crippen LogP contribution in [0.15, 0.2) is 12.3 Å². The van der Waals surface area contributed by atoms with Gasteiger partial charge >= 0.3 is 11.9 Å². The fraction of sp³-hybridized carbons (Fsp3) is 0.753. The van der Waals surface area contributed by atoms with E-state index in [2.05, 4.69) is 63.8 Å². The zero-order valence-electron chi connectivity index (χ0n) is 69.4. The van der Waals surface area contributed by atoms with Crippen molar-refractivity contribution in [2.75, 3.05) is 39.5 Å². The predicted octanol–water partition coefficient (Wildman–Crippen LogP) is -10.5. The van der Waals surface area contributed by atoms with Crippen LogP contribution in [0.5, 0.6) is 0 Å². The molecule has 25 N–H and O–H groups in total. The molecule has 692 valence electrons. The third-order valence-corrected chi connectivity index (χ3v) is 19.5. The first kappa shape index (κ1) is 105. The van der Waals surface area contributed by atoms with Crippen LogP contribution in [0.1, 0.15) is 140 Å². The standard InChI is InChI=1S/C73H120N14O35/c1-12-25-113-70-52(82-38(10)96)60(114-32(4)66(107)78-30(2)64(105)86-40(62(74)103)19-21-48(98)84-42(68(109)110)17-13-15-23-76-34(6)92)58(46(28-90)117-70)122-72-51(81-37(9)95)56(102)57(45(27-89)118-72)120-73-53(83-39(11)97)61(59(47(29-91)119-73)121-71-50(80-36(8)94)55(101)54(100)44(26-88)116-71)115-33(5)67(108)79-31(3)65(106)87-41(63(75)104)20-22-49(99)85-43(69(111)112)18-14-16-24-77-35(7)93/h12,25,30-33,40-47,50-61,70-73,88-91,100-102H,13-24,26-29H2,1-11H3,(H2,74,103)(H2,75,104)(H,76,92)(H,77,93)(H,78,107)(H,79,108)(H,80,94)(H,81,95)(H,82,96)(H,83,97)(H,84,98)(H,85,99)(H,86,105)(H,87,106)(H,109,110)(H,111,112)/b25-12+/t30-,31-,32+,33+,40+,41+,42-,43-,44+,45+,46+,47+,50+,51+,52+,53+,54+,55+,56+,57+,58+,59+,60+,61+,70?,71-,72-,73-/m0/s1. The summed E-state index contributed by atoms with van der Waals surface area (Å²) in [6.07, 6.45) is -32.3. The Morgan fingerprint density at radius 3 is 1.07 bits per heavy atom. The molecule has 0 bridgehead atoms. The fourth-order valence-corrected chi connectivity index (χ4v) is 13.3. The molecule has 0 aliphatic carbocycles. The van der Waals surface area contributed by atoms with Gasteiger partial charge < -0.3 is 169 Å². The van der Waals surface area contributed by atoms with Crippen molar-refractivity contribution >= 4 is 94.6 Å². The molecule has 4 aliphatic rings. The van der Waals surface area contributed by atoms with Gasteiger partial charge in [-0.3, -0.25) is 67.1 Å². The van der Waals surface area contributed by atoms with Crippen LogP contribution >= 0.6 is 0 Å². The number of allylic oxidation sites excluding steroid dienone is 1. The average Bonchev–Trinajstić information content (AvgIpc) is 0.764. The molecule has 49 nitrogen and oxygen atoms in total. The number of carbonyl (C=O) groups is 16. The van der Waals surface area contributed by atoms with Gasteiger partial charge in [-0.2, -0.15) is 0 Å². The number of hydrogen-bond acceptors (Lipinski definition) is 33. The number of carboxylic acid groups (broad SMARTS) is 2. The van der Waals surface area contributed by atoms with Crippen molar-refractivity contribution in [3.63, 3.8) is 0 Å². The van der Waals surface area contributed by atoms with E-state index in [0.29, 0.717) is 19.3 Å².